The molecule has 0 amide bonds. The highest BCUT2D eigenvalue weighted by atomic mass is 19.4. The summed E-state index contributed by atoms with van der Waals surface area (Å²) in [7, 11) is 0. The molecule has 1 aliphatic carbocycles. The maximum absolute atomic E-state index is 12.7. The second kappa shape index (κ2) is 4.26. The number of alkyl halides is 3. The van der Waals surface area contributed by atoms with Gasteiger partial charge in [0.05, 0.1) is 0 Å². The van der Waals surface area contributed by atoms with Gasteiger partial charge in [-0.3, -0.25) is 4.79 Å². The van der Waals surface area contributed by atoms with Crippen molar-refractivity contribution in [1.29, 1.82) is 0 Å². The first kappa shape index (κ1) is 14.5. The van der Waals surface area contributed by atoms with Gasteiger partial charge >= 0.3 is 6.18 Å². The van der Waals surface area contributed by atoms with Gasteiger partial charge in [-0.15, -0.1) is 0 Å². The predicted molar refractivity (Wildman–Crippen MR) is 57.4 cm³/mol. The smallest absolute Gasteiger partial charge is 0.380 e. The number of hydrogen-bond donors (Lipinski definition) is 1. The summed E-state index contributed by atoms with van der Waals surface area (Å²) in [5, 5.41) is 9.62. The van der Waals surface area contributed by atoms with Crippen molar-refractivity contribution < 1.29 is 23.1 Å². The molecule has 0 aliphatic heterocycles. The predicted octanol–water partition coefficient (Wildman–Crippen LogP) is 3.09. The SMILES string of the molecule is CC(C)(C)C(=O)C1CCCC(O)(C(F)(F)F)C1. The molecule has 0 radical (unpaired) electrons. The lowest BCUT2D eigenvalue weighted by molar-refractivity contribution is -0.273. The maximum Gasteiger partial charge on any atom is 0.417 e. The van der Waals surface area contributed by atoms with Crippen molar-refractivity contribution in [2.75, 3.05) is 0 Å². The average molecular weight is 252 g/mol. The van der Waals surface area contributed by atoms with Gasteiger partial charge < -0.3 is 5.11 Å². The average Bonchev–Trinajstić information content (AvgIpc) is 2.13. The van der Waals surface area contributed by atoms with Crippen molar-refractivity contribution >= 4 is 5.78 Å². The van der Waals surface area contributed by atoms with Gasteiger partial charge in [0.25, 0.3) is 0 Å². The molecular formula is C12H19F3O2. The summed E-state index contributed by atoms with van der Waals surface area (Å²) in [6, 6.07) is 0. The van der Waals surface area contributed by atoms with Crippen LogP contribution in [-0.2, 0) is 4.79 Å². The summed E-state index contributed by atoms with van der Waals surface area (Å²) in [5.41, 5.74) is -3.34. The highest BCUT2D eigenvalue weighted by Gasteiger charge is 2.56. The first-order chi connectivity index (χ1) is 7.47. The highest BCUT2D eigenvalue weighted by molar-refractivity contribution is 5.86. The third kappa shape index (κ3) is 3.00. The van der Waals surface area contributed by atoms with E-state index in [2.05, 4.69) is 0 Å². The van der Waals surface area contributed by atoms with E-state index in [9.17, 15) is 23.1 Å². The van der Waals surface area contributed by atoms with Gasteiger partial charge in [-0.2, -0.15) is 13.2 Å². The Kier molecular flexibility index (Phi) is 3.63. The minimum atomic E-state index is -4.65. The number of halogens is 3. The molecule has 0 saturated heterocycles. The molecule has 5 heteroatoms. The Bertz CT molecular complexity index is 304. The van der Waals surface area contributed by atoms with E-state index < -0.39 is 29.5 Å². The summed E-state index contributed by atoms with van der Waals surface area (Å²) < 4.78 is 38.1. The Hall–Kier alpha value is -0.580. The van der Waals surface area contributed by atoms with Crippen LogP contribution >= 0.6 is 0 Å². The lowest BCUT2D eigenvalue weighted by Crippen LogP contribution is -2.50. The van der Waals surface area contributed by atoms with Crippen molar-refractivity contribution in [3.63, 3.8) is 0 Å². The van der Waals surface area contributed by atoms with Crippen molar-refractivity contribution in [3.05, 3.63) is 0 Å². The van der Waals surface area contributed by atoms with Gasteiger partial charge in [0.2, 0.25) is 0 Å². The van der Waals surface area contributed by atoms with Gasteiger partial charge in [0.1, 0.15) is 5.78 Å². The van der Waals surface area contributed by atoms with E-state index in [4.69, 9.17) is 0 Å². The number of carbonyl (C=O) groups is 1. The van der Waals surface area contributed by atoms with E-state index in [1.807, 2.05) is 0 Å². The Morgan fingerprint density at radius 3 is 2.24 bits per heavy atom. The zero-order chi connectivity index (χ0) is 13.5. The molecule has 1 rings (SSSR count). The molecule has 0 aromatic heterocycles. The lowest BCUT2D eigenvalue weighted by atomic mass is 9.71. The first-order valence-corrected chi connectivity index (χ1v) is 5.81. The number of hydrogen-bond acceptors (Lipinski definition) is 2. The summed E-state index contributed by atoms with van der Waals surface area (Å²) in [6.07, 6.45) is -4.77. The highest BCUT2D eigenvalue weighted by Crippen LogP contribution is 2.45. The van der Waals surface area contributed by atoms with Crippen LogP contribution in [0.3, 0.4) is 0 Å². The zero-order valence-electron chi connectivity index (χ0n) is 10.4. The van der Waals surface area contributed by atoms with Crippen LogP contribution in [0.1, 0.15) is 46.5 Å². The molecular weight excluding hydrogens is 233 g/mol. The van der Waals surface area contributed by atoms with Gasteiger partial charge in [-0.05, 0) is 25.7 Å². The van der Waals surface area contributed by atoms with Gasteiger partial charge in [-0.1, -0.05) is 20.8 Å². The third-order valence-electron chi connectivity index (χ3n) is 3.36. The second-order valence-corrected chi connectivity index (χ2v) is 5.94. The van der Waals surface area contributed by atoms with Crippen LogP contribution in [0.4, 0.5) is 13.2 Å². The number of ketones is 1. The fourth-order valence-corrected chi connectivity index (χ4v) is 2.35. The van der Waals surface area contributed by atoms with Crippen molar-refractivity contribution in [2.24, 2.45) is 11.3 Å². The van der Waals surface area contributed by atoms with Crippen molar-refractivity contribution in [2.45, 2.75) is 58.2 Å². The van der Waals surface area contributed by atoms with Crippen LogP contribution in [0.2, 0.25) is 0 Å². The van der Waals surface area contributed by atoms with Crippen molar-refractivity contribution in [1.82, 2.24) is 0 Å². The molecule has 1 aliphatic rings. The summed E-state index contributed by atoms with van der Waals surface area (Å²) in [5.74, 6) is -0.879. The van der Waals surface area contributed by atoms with E-state index in [0.717, 1.165) is 0 Å². The molecule has 1 saturated carbocycles. The molecule has 1 N–H and O–H groups in total. The normalized spacial score (nSPS) is 31.4. The quantitative estimate of drug-likeness (QED) is 0.778. The molecule has 0 aromatic carbocycles. The monoisotopic (exact) mass is 252 g/mol. The summed E-state index contributed by atoms with van der Waals surface area (Å²) in [6.45, 7) is 5.07. The van der Waals surface area contributed by atoms with Crippen LogP contribution < -0.4 is 0 Å². The van der Waals surface area contributed by atoms with E-state index in [1.54, 1.807) is 20.8 Å². The maximum atomic E-state index is 12.7. The first-order valence-electron chi connectivity index (χ1n) is 5.81. The Balaban J connectivity index is 2.84. The van der Waals surface area contributed by atoms with E-state index in [1.165, 1.54) is 0 Å². The van der Waals surface area contributed by atoms with Crippen LogP contribution in [0, 0.1) is 11.3 Å². The molecule has 0 spiro atoms. The standard InChI is InChI=1S/C12H19F3O2/c1-10(2,3)9(16)8-5-4-6-11(17,7-8)12(13,14)15/h8,17H,4-7H2,1-3H3. The molecule has 17 heavy (non-hydrogen) atoms. The molecule has 0 heterocycles. The van der Waals surface area contributed by atoms with Crippen molar-refractivity contribution in [3.8, 4) is 0 Å². The zero-order valence-corrected chi connectivity index (χ0v) is 10.4. The molecule has 2 atom stereocenters. The topological polar surface area (TPSA) is 37.3 Å². The fraction of sp³-hybridized carbons (Fsp3) is 0.917. The van der Waals surface area contributed by atoms with E-state index >= 15 is 0 Å². The minimum Gasteiger partial charge on any atom is -0.380 e. The van der Waals surface area contributed by atoms with Gasteiger partial charge in [0.15, 0.2) is 5.60 Å². The largest absolute Gasteiger partial charge is 0.417 e. The van der Waals surface area contributed by atoms with E-state index in [0.29, 0.717) is 6.42 Å². The molecule has 100 valence electrons. The molecule has 0 bridgehead atoms. The second-order valence-electron chi connectivity index (χ2n) is 5.94. The number of rotatable bonds is 1. The summed E-state index contributed by atoms with van der Waals surface area (Å²) in [4.78, 5) is 12.0. The van der Waals surface area contributed by atoms with Crippen LogP contribution in [-0.4, -0.2) is 22.7 Å². The van der Waals surface area contributed by atoms with Crippen LogP contribution in [0.5, 0.6) is 0 Å². The minimum absolute atomic E-state index is 0.195. The molecule has 0 aromatic rings. The Labute approximate surface area is 99.2 Å². The van der Waals surface area contributed by atoms with Crippen LogP contribution in [0.15, 0.2) is 0 Å². The molecule has 2 nitrogen and oxygen atoms in total. The Morgan fingerprint density at radius 1 is 1.29 bits per heavy atom. The fourth-order valence-electron chi connectivity index (χ4n) is 2.35. The van der Waals surface area contributed by atoms with Gasteiger partial charge in [-0.25, -0.2) is 0 Å². The van der Waals surface area contributed by atoms with Gasteiger partial charge in [0, 0.05) is 11.3 Å². The molecule has 2 unspecified atom stereocenters. The van der Waals surface area contributed by atoms with E-state index in [-0.39, 0.29) is 18.6 Å². The Morgan fingerprint density at radius 2 is 1.82 bits per heavy atom. The number of Topliss-reactive ketones (excluding diaryl/α,β-unsaturated/α-hetero) is 1. The van der Waals surface area contributed by atoms with Crippen LogP contribution in [0.25, 0.3) is 0 Å². The third-order valence-corrected chi connectivity index (χ3v) is 3.36. The molecule has 1 fully saturated rings. The summed E-state index contributed by atoms with van der Waals surface area (Å²) >= 11 is 0. The lowest BCUT2D eigenvalue weighted by Gasteiger charge is -2.39. The number of carbonyl (C=O) groups excluding carboxylic acids is 1. The number of aliphatic hydroxyl groups is 1.